The highest BCUT2D eigenvalue weighted by Crippen LogP contribution is 2.31. The van der Waals surface area contributed by atoms with E-state index in [1.807, 2.05) is 0 Å². The van der Waals surface area contributed by atoms with E-state index in [9.17, 15) is 14.4 Å². The van der Waals surface area contributed by atoms with Gasteiger partial charge in [-0.05, 0) is 32.3 Å². The zero-order valence-corrected chi connectivity index (χ0v) is 11.3. The fourth-order valence-electron chi connectivity index (χ4n) is 2.37. The molecule has 1 fully saturated rings. The molecule has 0 spiro atoms. The molecule has 3 atom stereocenters. The summed E-state index contributed by atoms with van der Waals surface area (Å²) in [5.41, 5.74) is 0.318. The highest BCUT2D eigenvalue weighted by Gasteiger charge is 2.37. The highest BCUT2D eigenvalue weighted by molar-refractivity contribution is 5.98. The number of carboxylic acid groups (broad SMARTS) is 1. The first-order valence-corrected chi connectivity index (χ1v) is 6.47. The van der Waals surface area contributed by atoms with Gasteiger partial charge >= 0.3 is 11.9 Å². The molecule has 3 unspecified atom stereocenters. The summed E-state index contributed by atoms with van der Waals surface area (Å²) >= 11 is 0. The Bertz CT molecular complexity index is 399. The van der Waals surface area contributed by atoms with Crippen LogP contribution in [0.5, 0.6) is 0 Å². The van der Waals surface area contributed by atoms with Crippen molar-refractivity contribution in [2.24, 2.45) is 11.8 Å². The Hall–Kier alpha value is -1.65. The van der Waals surface area contributed by atoms with Gasteiger partial charge in [0.2, 0.25) is 0 Å². The highest BCUT2D eigenvalue weighted by atomic mass is 16.5. The molecule has 19 heavy (non-hydrogen) atoms. The Labute approximate surface area is 112 Å². The third kappa shape index (κ3) is 3.91. The summed E-state index contributed by atoms with van der Waals surface area (Å²) in [6.45, 7) is 6.53. The number of hydrogen-bond donors (Lipinski definition) is 1. The lowest BCUT2D eigenvalue weighted by Crippen LogP contribution is -2.36. The van der Waals surface area contributed by atoms with Gasteiger partial charge in [0, 0.05) is 0 Å². The first-order valence-electron chi connectivity index (χ1n) is 6.47. The molecule has 5 heteroatoms. The van der Waals surface area contributed by atoms with E-state index in [1.54, 1.807) is 6.92 Å². The second-order valence-electron chi connectivity index (χ2n) is 5.06. The molecule has 0 amide bonds. The first kappa shape index (κ1) is 15.4. The standard InChI is InChI=1S/C14H20O5/c1-8(2)12(15)9(3)19-14(18)11-7-5-4-6-10(11)13(16)17/h9-11H,1,4-7H2,2-3H3,(H,16,17). The number of esters is 1. The van der Waals surface area contributed by atoms with Crippen LogP contribution < -0.4 is 0 Å². The van der Waals surface area contributed by atoms with Crippen LogP contribution in [0, 0.1) is 11.8 Å². The smallest absolute Gasteiger partial charge is 0.310 e. The molecule has 0 aromatic rings. The van der Waals surface area contributed by atoms with E-state index in [0.29, 0.717) is 18.4 Å². The third-order valence-electron chi connectivity index (χ3n) is 3.47. The maximum atomic E-state index is 12.0. The van der Waals surface area contributed by atoms with E-state index in [1.165, 1.54) is 6.92 Å². The van der Waals surface area contributed by atoms with Gasteiger partial charge in [0.15, 0.2) is 11.9 Å². The summed E-state index contributed by atoms with van der Waals surface area (Å²) in [5.74, 6) is -3.24. The molecule has 1 N–H and O–H groups in total. The lowest BCUT2D eigenvalue weighted by molar-refractivity contribution is -0.164. The molecule has 0 bridgehead atoms. The maximum absolute atomic E-state index is 12.0. The van der Waals surface area contributed by atoms with Crippen LogP contribution in [0.25, 0.3) is 0 Å². The fraction of sp³-hybridized carbons (Fsp3) is 0.643. The fourth-order valence-corrected chi connectivity index (χ4v) is 2.37. The van der Waals surface area contributed by atoms with Gasteiger partial charge in [-0.15, -0.1) is 0 Å². The second-order valence-corrected chi connectivity index (χ2v) is 5.06. The monoisotopic (exact) mass is 268 g/mol. The molecule has 0 radical (unpaired) electrons. The first-order chi connectivity index (χ1) is 8.84. The van der Waals surface area contributed by atoms with Crippen molar-refractivity contribution >= 4 is 17.7 Å². The number of ketones is 1. The van der Waals surface area contributed by atoms with Crippen LogP contribution >= 0.6 is 0 Å². The zero-order valence-electron chi connectivity index (χ0n) is 11.3. The largest absolute Gasteiger partial charge is 0.481 e. The number of Topliss-reactive ketones (excluding diaryl/α,β-unsaturated/α-hetero) is 1. The molecule has 0 aliphatic heterocycles. The van der Waals surface area contributed by atoms with Crippen molar-refractivity contribution < 1.29 is 24.2 Å². The molecule has 0 saturated heterocycles. The number of aliphatic carboxylic acids is 1. The van der Waals surface area contributed by atoms with E-state index in [4.69, 9.17) is 9.84 Å². The van der Waals surface area contributed by atoms with Crippen LogP contribution in [-0.4, -0.2) is 28.9 Å². The van der Waals surface area contributed by atoms with Crippen molar-refractivity contribution in [2.45, 2.75) is 45.6 Å². The van der Waals surface area contributed by atoms with E-state index in [2.05, 4.69) is 6.58 Å². The van der Waals surface area contributed by atoms with Crippen LogP contribution in [0.3, 0.4) is 0 Å². The summed E-state index contributed by atoms with van der Waals surface area (Å²) in [7, 11) is 0. The number of ether oxygens (including phenoxy) is 1. The number of carbonyl (C=O) groups is 3. The van der Waals surface area contributed by atoms with E-state index < -0.39 is 29.9 Å². The lowest BCUT2D eigenvalue weighted by Gasteiger charge is -2.27. The minimum absolute atomic E-state index is 0.318. The van der Waals surface area contributed by atoms with Gasteiger partial charge in [-0.25, -0.2) is 0 Å². The average Bonchev–Trinajstić information content (AvgIpc) is 2.37. The van der Waals surface area contributed by atoms with Crippen molar-refractivity contribution in [2.75, 3.05) is 0 Å². The predicted molar refractivity (Wildman–Crippen MR) is 68.5 cm³/mol. The predicted octanol–water partition coefficient (Wildman–Crippen LogP) is 1.95. The van der Waals surface area contributed by atoms with Crippen LogP contribution in [0.2, 0.25) is 0 Å². The number of carboxylic acids is 1. The summed E-state index contributed by atoms with van der Waals surface area (Å²) in [4.78, 5) is 34.7. The molecule has 1 aliphatic rings. The molecule has 1 rings (SSSR count). The molecular weight excluding hydrogens is 248 g/mol. The van der Waals surface area contributed by atoms with Crippen LogP contribution in [-0.2, 0) is 19.1 Å². The van der Waals surface area contributed by atoms with Gasteiger partial charge < -0.3 is 9.84 Å². The summed E-state index contributed by atoms with van der Waals surface area (Å²) < 4.78 is 5.08. The van der Waals surface area contributed by atoms with Crippen LogP contribution in [0.1, 0.15) is 39.5 Å². The van der Waals surface area contributed by atoms with E-state index in [0.717, 1.165) is 12.8 Å². The van der Waals surface area contributed by atoms with Crippen molar-refractivity contribution in [1.82, 2.24) is 0 Å². The van der Waals surface area contributed by atoms with E-state index >= 15 is 0 Å². The van der Waals surface area contributed by atoms with Gasteiger partial charge in [0.1, 0.15) is 0 Å². The summed E-state index contributed by atoms with van der Waals surface area (Å²) in [6.07, 6.45) is 1.70. The minimum Gasteiger partial charge on any atom is -0.481 e. The van der Waals surface area contributed by atoms with Gasteiger partial charge in [-0.1, -0.05) is 19.4 Å². The number of hydrogen-bond acceptors (Lipinski definition) is 4. The third-order valence-corrected chi connectivity index (χ3v) is 3.47. The second kappa shape index (κ2) is 6.50. The molecule has 0 heterocycles. The Morgan fingerprint density at radius 3 is 2.21 bits per heavy atom. The molecule has 0 aromatic heterocycles. The summed E-state index contributed by atoms with van der Waals surface area (Å²) in [5, 5.41) is 9.10. The SMILES string of the molecule is C=C(C)C(=O)C(C)OC(=O)C1CCCCC1C(=O)O. The number of carbonyl (C=O) groups excluding carboxylic acids is 2. The average molecular weight is 268 g/mol. The maximum Gasteiger partial charge on any atom is 0.310 e. The molecule has 106 valence electrons. The molecule has 5 nitrogen and oxygen atoms in total. The lowest BCUT2D eigenvalue weighted by atomic mass is 9.79. The summed E-state index contributed by atoms with van der Waals surface area (Å²) in [6, 6.07) is 0. The van der Waals surface area contributed by atoms with E-state index in [-0.39, 0.29) is 5.78 Å². The number of rotatable bonds is 5. The molecule has 1 saturated carbocycles. The molecule has 1 aliphatic carbocycles. The minimum atomic E-state index is -0.972. The zero-order chi connectivity index (χ0) is 14.6. The van der Waals surface area contributed by atoms with Gasteiger partial charge in [-0.2, -0.15) is 0 Å². The van der Waals surface area contributed by atoms with Crippen LogP contribution in [0.15, 0.2) is 12.2 Å². The van der Waals surface area contributed by atoms with Crippen molar-refractivity contribution in [3.63, 3.8) is 0 Å². The molecule has 0 aromatic carbocycles. The van der Waals surface area contributed by atoms with Gasteiger partial charge in [-0.3, -0.25) is 14.4 Å². The van der Waals surface area contributed by atoms with Crippen molar-refractivity contribution in [3.05, 3.63) is 12.2 Å². The normalized spacial score (nSPS) is 24.3. The quantitative estimate of drug-likeness (QED) is 0.609. The Balaban J connectivity index is 2.68. The Morgan fingerprint density at radius 1 is 1.21 bits per heavy atom. The Kier molecular flexibility index (Phi) is 5.27. The molecular formula is C14H20O5. The Morgan fingerprint density at radius 2 is 1.74 bits per heavy atom. The van der Waals surface area contributed by atoms with Crippen LogP contribution in [0.4, 0.5) is 0 Å². The topological polar surface area (TPSA) is 80.7 Å². The van der Waals surface area contributed by atoms with Crippen molar-refractivity contribution in [3.8, 4) is 0 Å². The van der Waals surface area contributed by atoms with Gasteiger partial charge in [0.25, 0.3) is 0 Å². The van der Waals surface area contributed by atoms with Gasteiger partial charge in [0.05, 0.1) is 11.8 Å². The van der Waals surface area contributed by atoms with Crippen molar-refractivity contribution in [1.29, 1.82) is 0 Å².